The SMILES string of the molecule is CN(Cc1ccncc1)C(=O)C1(C#N)CCCCC1. The van der Waals surface area contributed by atoms with Crippen molar-refractivity contribution in [2.24, 2.45) is 5.41 Å². The van der Waals surface area contributed by atoms with Gasteiger partial charge < -0.3 is 4.90 Å². The van der Waals surface area contributed by atoms with Crippen molar-refractivity contribution in [3.8, 4) is 6.07 Å². The van der Waals surface area contributed by atoms with Crippen molar-refractivity contribution in [2.75, 3.05) is 7.05 Å². The van der Waals surface area contributed by atoms with E-state index in [9.17, 15) is 10.1 Å². The first-order chi connectivity index (χ1) is 9.18. The molecule has 1 heterocycles. The monoisotopic (exact) mass is 257 g/mol. The number of pyridine rings is 1. The number of amides is 1. The van der Waals surface area contributed by atoms with Gasteiger partial charge in [-0.2, -0.15) is 5.26 Å². The summed E-state index contributed by atoms with van der Waals surface area (Å²) in [5, 5.41) is 9.42. The van der Waals surface area contributed by atoms with Crippen LogP contribution < -0.4 is 0 Å². The molecule has 1 amide bonds. The topological polar surface area (TPSA) is 57.0 Å². The molecule has 1 saturated carbocycles. The predicted octanol–water partition coefficient (Wildman–Crippen LogP) is 2.51. The maximum atomic E-state index is 12.5. The highest BCUT2D eigenvalue weighted by Crippen LogP contribution is 2.37. The van der Waals surface area contributed by atoms with E-state index in [2.05, 4.69) is 11.1 Å². The van der Waals surface area contributed by atoms with Crippen LogP contribution in [0.1, 0.15) is 37.7 Å². The Morgan fingerprint density at radius 2 is 2.00 bits per heavy atom. The Hall–Kier alpha value is -1.89. The number of carbonyl (C=O) groups is 1. The maximum Gasteiger partial charge on any atom is 0.243 e. The lowest BCUT2D eigenvalue weighted by molar-refractivity contribution is -0.139. The predicted molar refractivity (Wildman–Crippen MR) is 71.8 cm³/mol. The maximum absolute atomic E-state index is 12.5. The van der Waals surface area contributed by atoms with Gasteiger partial charge in [0.1, 0.15) is 5.41 Å². The normalized spacial score (nSPS) is 17.5. The summed E-state index contributed by atoms with van der Waals surface area (Å²) in [4.78, 5) is 18.2. The smallest absolute Gasteiger partial charge is 0.243 e. The number of nitrogens with zero attached hydrogens (tertiary/aromatic N) is 3. The summed E-state index contributed by atoms with van der Waals surface area (Å²) in [7, 11) is 1.77. The van der Waals surface area contributed by atoms with Crippen LogP contribution in [0.15, 0.2) is 24.5 Å². The number of carbonyl (C=O) groups excluding carboxylic acids is 1. The van der Waals surface area contributed by atoms with Gasteiger partial charge in [0.2, 0.25) is 5.91 Å². The van der Waals surface area contributed by atoms with Crippen molar-refractivity contribution < 1.29 is 4.79 Å². The van der Waals surface area contributed by atoms with E-state index in [0.717, 1.165) is 24.8 Å². The molecule has 0 radical (unpaired) electrons. The molecule has 1 aromatic rings. The fourth-order valence-corrected chi connectivity index (χ4v) is 2.73. The molecule has 19 heavy (non-hydrogen) atoms. The van der Waals surface area contributed by atoms with E-state index in [1.807, 2.05) is 12.1 Å². The molecule has 1 aromatic heterocycles. The lowest BCUT2D eigenvalue weighted by Gasteiger charge is -2.33. The quantitative estimate of drug-likeness (QED) is 0.836. The van der Waals surface area contributed by atoms with Gasteiger partial charge in [-0.05, 0) is 30.5 Å². The third-order valence-electron chi connectivity index (χ3n) is 3.85. The van der Waals surface area contributed by atoms with Gasteiger partial charge in [-0.3, -0.25) is 9.78 Å². The summed E-state index contributed by atoms with van der Waals surface area (Å²) >= 11 is 0. The van der Waals surface area contributed by atoms with Crippen LogP contribution in [0, 0.1) is 16.7 Å². The van der Waals surface area contributed by atoms with E-state index in [1.165, 1.54) is 0 Å². The first kappa shape index (κ1) is 13.5. The molecule has 1 aliphatic rings. The fourth-order valence-electron chi connectivity index (χ4n) is 2.73. The first-order valence-electron chi connectivity index (χ1n) is 6.74. The average Bonchev–Trinajstić information content (AvgIpc) is 2.48. The van der Waals surface area contributed by atoms with Crippen LogP contribution in [0.2, 0.25) is 0 Å². The average molecular weight is 257 g/mol. The molecular weight excluding hydrogens is 238 g/mol. The van der Waals surface area contributed by atoms with Crippen LogP contribution >= 0.6 is 0 Å². The van der Waals surface area contributed by atoms with Crippen molar-refractivity contribution in [2.45, 2.75) is 38.6 Å². The second kappa shape index (κ2) is 5.83. The van der Waals surface area contributed by atoms with E-state index < -0.39 is 5.41 Å². The van der Waals surface area contributed by atoms with Crippen LogP contribution in [0.3, 0.4) is 0 Å². The van der Waals surface area contributed by atoms with E-state index in [-0.39, 0.29) is 5.91 Å². The molecule has 0 aromatic carbocycles. The highest BCUT2D eigenvalue weighted by Gasteiger charge is 2.41. The molecular formula is C15H19N3O. The van der Waals surface area contributed by atoms with Crippen LogP contribution in [0.5, 0.6) is 0 Å². The standard InChI is InChI=1S/C15H19N3O/c1-18(11-13-5-9-17-10-6-13)14(19)15(12-16)7-3-2-4-8-15/h5-6,9-10H,2-4,7-8,11H2,1H3. The molecule has 0 unspecified atom stereocenters. The van der Waals surface area contributed by atoms with Crippen molar-refractivity contribution in [1.29, 1.82) is 5.26 Å². The minimum absolute atomic E-state index is 0.0356. The molecule has 100 valence electrons. The fraction of sp³-hybridized carbons (Fsp3) is 0.533. The van der Waals surface area contributed by atoms with Crippen molar-refractivity contribution in [1.82, 2.24) is 9.88 Å². The molecule has 4 heteroatoms. The molecule has 4 nitrogen and oxygen atoms in total. The van der Waals surface area contributed by atoms with Gasteiger partial charge in [-0.1, -0.05) is 19.3 Å². The lowest BCUT2D eigenvalue weighted by Crippen LogP contribution is -2.42. The van der Waals surface area contributed by atoms with Gasteiger partial charge in [-0.25, -0.2) is 0 Å². The second-order valence-corrected chi connectivity index (χ2v) is 5.27. The van der Waals surface area contributed by atoms with Crippen LogP contribution in [0.4, 0.5) is 0 Å². The third-order valence-corrected chi connectivity index (χ3v) is 3.85. The molecule has 0 saturated heterocycles. The Bertz CT molecular complexity index is 472. The summed E-state index contributed by atoms with van der Waals surface area (Å²) < 4.78 is 0. The van der Waals surface area contributed by atoms with Crippen LogP contribution in [-0.4, -0.2) is 22.8 Å². The Morgan fingerprint density at radius 1 is 1.37 bits per heavy atom. The van der Waals surface area contributed by atoms with E-state index >= 15 is 0 Å². The van der Waals surface area contributed by atoms with Crippen molar-refractivity contribution in [3.63, 3.8) is 0 Å². The van der Waals surface area contributed by atoms with Crippen molar-refractivity contribution >= 4 is 5.91 Å². The second-order valence-electron chi connectivity index (χ2n) is 5.27. The molecule has 0 bridgehead atoms. The number of aromatic nitrogens is 1. The van der Waals surface area contributed by atoms with E-state index in [1.54, 1.807) is 24.3 Å². The Balaban J connectivity index is 2.08. The largest absolute Gasteiger partial charge is 0.340 e. The zero-order valence-corrected chi connectivity index (χ0v) is 11.3. The minimum atomic E-state index is -0.792. The lowest BCUT2D eigenvalue weighted by atomic mass is 9.74. The summed E-state index contributed by atoms with van der Waals surface area (Å²) in [5.74, 6) is -0.0356. The van der Waals surface area contributed by atoms with Crippen molar-refractivity contribution in [3.05, 3.63) is 30.1 Å². The summed E-state index contributed by atoms with van der Waals surface area (Å²) in [5.41, 5.74) is 0.245. The number of rotatable bonds is 3. The molecule has 0 atom stereocenters. The third kappa shape index (κ3) is 2.93. The highest BCUT2D eigenvalue weighted by molar-refractivity contribution is 5.85. The first-order valence-corrected chi connectivity index (χ1v) is 6.74. The van der Waals surface area contributed by atoms with Gasteiger partial charge in [0.05, 0.1) is 6.07 Å². The van der Waals surface area contributed by atoms with Crippen LogP contribution in [-0.2, 0) is 11.3 Å². The number of nitriles is 1. The zero-order chi connectivity index (χ0) is 13.7. The zero-order valence-electron chi connectivity index (χ0n) is 11.3. The van der Waals surface area contributed by atoms with Crippen LogP contribution in [0.25, 0.3) is 0 Å². The summed E-state index contributed by atoms with van der Waals surface area (Å²) in [6.45, 7) is 0.533. The molecule has 0 aliphatic heterocycles. The molecule has 1 aliphatic carbocycles. The minimum Gasteiger partial charge on any atom is -0.340 e. The Morgan fingerprint density at radius 3 is 2.58 bits per heavy atom. The Labute approximate surface area is 114 Å². The van der Waals surface area contributed by atoms with Gasteiger partial charge in [0.25, 0.3) is 0 Å². The molecule has 2 rings (SSSR count). The van der Waals surface area contributed by atoms with Gasteiger partial charge in [0, 0.05) is 26.0 Å². The molecule has 0 spiro atoms. The van der Waals surface area contributed by atoms with Gasteiger partial charge in [-0.15, -0.1) is 0 Å². The summed E-state index contributed by atoms with van der Waals surface area (Å²) in [6, 6.07) is 6.07. The summed E-state index contributed by atoms with van der Waals surface area (Å²) in [6.07, 6.45) is 7.91. The van der Waals surface area contributed by atoms with Gasteiger partial charge in [0.15, 0.2) is 0 Å². The molecule has 1 fully saturated rings. The van der Waals surface area contributed by atoms with E-state index in [4.69, 9.17) is 0 Å². The number of hydrogen-bond donors (Lipinski definition) is 0. The van der Waals surface area contributed by atoms with E-state index in [0.29, 0.717) is 19.4 Å². The Kier molecular flexibility index (Phi) is 4.16. The van der Waals surface area contributed by atoms with Gasteiger partial charge >= 0.3 is 0 Å². The number of hydrogen-bond acceptors (Lipinski definition) is 3. The highest BCUT2D eigenvalue weighted by atomic mass is 16.2. The molecule has 0 N–H and O–H groups in total.